The summed E-state index contributed by atoms with van der Waals surface area (Å²) in [7, 11) is 0. The number of piperidine rings is 1. The monoisotopic (exact) mass is 403 g/mol. The van der Waals surface area contributed by atoms with Gasteiger partial charge in [-0.2, -0.15) is 0 Å². The van der Waals surface area contributed by atoms with Crippen molar-refractivity contribution in [1.82, 2.24) is 14.9 Å². The molecule has 0 saturated carbocycles. The second-order valence-electron chi connectivity index (χ2n) is 5.87. The quantitative estimate of drug-likeness (QED) is 0.818. The summed E-state index contributed by atoms with van der Waals surface area (Å²) in [6.45, 7) is 4.75. The van der Waals surface area contributed by atoms with Crippen LogP contribution in [0.2, 0.25) is 0 Å². The highest BCUT2D eigenvalue weighted by molar-refractivity contribution is 7.09. The normalized spacial score (nSPS) is 15.1. The number of carbonyl (C=O) groups is 1. The van der Waals surface area contributed by atoms with E-state index in [4.69, 9.17) is 5.73 Å². The molecule has 138 valence electrons. The Hall–Kier alpha value is -1.41. The van der Waals surface area contributed by atoms with Gasteiger partial charge >= 0.3 is 0 Å². The molecule has 1 saturated heterocycles. The van der Waals surface area contributed by atoms with Gasteiger partial charge in [0.05, 0.1) is 22.6 Å². The summed E-state index contributed by atoms with van der Waals surface area (Å²) in [5, 5.41) is 6.14. The Labute approximate surface area is 164 Å². The molecular formula is C16H23Cl2N5OS. The molecule has 1 fully saturated rings. The molecule has 0 aromatic carbocycles. The first-order valence-corrected chi connectivity index (χ1v) is 8.64. The second kappa shape index (κ2) is 9.91. The van der Waals surface area contributed by atoms with E-state index in [-0.39, 0.29) is 36.6 Å². The predicted octanol–water partition coefficient (Wildman–Crippen LogP) is 3.12. The maximum Gasteiger partial charge on any atom is 0.227 e. The van der Waals surface area contributed by atoms with E-state index in [1.165, 1.54) is 0 Å². The Bertz CT molecular complexity index is 671. The Kier molecular flexibility index (Phi) is 8.58. The van der Waals surface area contributed by atoms with Crippen LogP contribution >= 0.6 is 36.2 Å². The summed E-state index contributed by atoms with van der Waals surface area (Å²) in [4.78, 5) is 23.2. The van der Waals surface area contributed by atoms with Crippen LogP contribution in [-0.2, 0) is 11.3 Å². The lowest BCUT2D eigenvalue weighted by Gasteiger charge is -2.30. The van der Waals surface area contributed by atoms with E-state index in [1.807, 2.05) is 6.92 Å². The number of aromatic nitrogens is 2. The minimum absolute atomic E-state index is 0. The molecule has 2 aromatic rings. The fourth-order valence-corrected chi connectivity index (χ4v) is 3.39. The highest BCUT2D eigenvalue weighted by atomic mass is 35.5. The van der Waals surface area contributed by atoms with Gasteiger partial charge in [0.15, 0.2) is 0 Å². The van der Waals surface area contributed by atoms with Gasteiger partial charge in [-0.05, 0) is 45.0 Å². The molecule has 3 heterocycles. The fraction of sp³-hybridized carbons (Fsp3) is 0.438. The van der Waals surface area contributed by atoms with E-state index in [9.17, 15) is 4.79 Å². The lowest BCUT2D eigenvalue weighted by molar-refractivity contribution is -0.121. The number of carbonyl (C=O) groups excluding carboxylic acids is 1. The van der Waals surface area contributed by atoms with Crippen LogP contribution in [0.15, 0.2) is 23.7 Å². The zero-order valence-corrected chi connectivity index (χ0v) is 16.4. The number of nitrogen functional groups attached to an aromatic ring is 1. The first kappa shape index (κ1) is 21.6. The summed E-state index contributed by atoms with van der Waals surface area (Å²) >= 11 is 1.68. The SMILES string of the molecule is Cc1nc(CN2CCC(C(=O)Nc3ccc(N)nc3)CC2)cs1.Cl.Cl. The third-order valence-electron chi connectivity index (χ3n) is 4.06. The molecule has 0 radical (unpaired) electrons. The van der Waals surface area contributed by atoms with Gasteiger partial charge < -0.3 is 11.1 Å². The lowest BCUT2D eigenvalue weighted by atomic mass is 9.95. The number of amides is 1. The summed E-state index contributed by atoms with van der Waals surface area (Å²) in [6.07, 6.45) is 3.33. The third-order valence-corrected chi connectivity index (χ3v) is 4.89. The topological polar surface area (TPSA) is 84.1 Å². The van der Waals surface area contributed by atoms with Crippen molar-refractivity contribution < 1.29 is 4.79 Å². The summed E-state index contributed by atoms with van der Waals surface area (Å²) in [5.41, 5.74) is 7.37. The molecule has 0 bridgehead atoms. The maximum absolute atomic E-state index is 12.3. The summed E-state index contributed by atoms with van der Waals surface area (Å²) < 4.78 is 0. The molecule has 0 aliphatic carbocycles. The Morgan fingerprint density at radius 1 is 1.36 bits per heavy atom. The number of anilines is 2. The van der Waals surface area contributed by atoms with E-state index in [1.54, 1.807) is 29.7 Å². The number of rotatable bonds is 4. The number of thiazole rings is 1. The molecule has 6 nitrogen and oxygen atoms in total. The number of nitrogens with zero attached hydrogens (tertiary/aromatic N) is 3. The highest BCUT2D eigenvalue weighted by Gasteiger charge is 2.25. The summed E-state index contributed by atoms with van der Waals surface area (Å²) in [5.74, 6) is 0.579. The smallest absolute Gasteiger partial charge is 0.227 e. The number of pyridine rings is 1. The predicted molar refractivity (Wildman–Crippen MR) is 107 cm³/mol. The first-order chi connectivity index (χ1) is 11.1. The third kappa shape index (κ3) is 6.11. The van der Waals surface area contributed by atoms with Crippen LogP contribution in [0.3, 0.4) is 0 Å². The Balaban J connectivity index is 0.00000156. The molecule has 0 unspecified atom stereocenters. The maximum atomic E-state index is 12.3. The highest BCUT2D eigenvalue weighted by Crippen LogP contribution is 2.21. The van der Waals surface area contributed by atoms with Crippen LogP contribution in [0, 0.1) is 12.8 Å². The summed E-state index contributed by atoms with van der Waals surface area (Å²) in [6, 6.07) is 3.47. The van der Waals surface area contributed by atoms with Crippen LogP contribution in [0.4, 0.5) is 11.5 Å². The number of aryl methyl sites for hydroxylation is 1. The molecule has 3 N–H and O–H groups in total. The minimum Gasteiger partial charge on any atom is -0.384 e. The molecule has 0 atom stereocenters. The van der Waals surface area contributed by atoms with Gasteiger partial charge in [-0.15, -0.1) is 36.2 Å². The number of halogens is 2. The zero-order chi connectivity index (χ0) is 16.2. The van der Waals surface area contributed by atoms with Crippen LogP contribution in [0.1, 0.15) is 23.5 Å². The molecule has 1 aliphatic rings. The van der Waals surface area contributed by atoms with Crippen molar-refractivity contribution in [3.8, 4) is 0 Å². The lowest BCUT2D eigenvalue weighted by Crippen LogP contribution is -2.37. The van der Waals surface area contributed by atoms with Crippen molar-refractivity contribution in [3.63, 3.8) is 0 Å². The van der Waals surface area contributed by atoms with Crippen LogP contribution < -0.4 is 11.1 Å². The molecular weight excluding hydrogens is 381 g/mol. The zero-order valence-electron chi connectivity index (χ0n) is 14.0. The average Bonchev–Trinajstić information content (AvgIpc) is 2.95. The van der Waals surface area contributed by atoms with Crippen molar-refractivity contribution in [3.05, 3.63) is 34.4 Å². The van der Waals surface area contributed by atoms with E-state index in [2.05, 4.69) is 25.6 Å². The molecule has 0 spiro atoms. The van der Waals surface area contributed by atoms with E-state index in [0.29, 0.717) is 11.5 Å². The molecule has 9 heteroatoms. The average molecular weight is 404 g/mol. The van der Waals surface area contributed by atoms with Gasteiger partial charge in [-0.3, -0.25) is 9.69 Å². The van der Waals surface area contributed by atoms with Gasteiger partial charge in [0.25, 0.3) is 0 Å². The second-order valence-corrected chi connectivity index (χ2v) is 6.93. The molecule has 3 rings (SSSR count). The molecule has 1 amide bonds. The largest absolute Gasteiger partial charge is 0.384 e. The van der Waals surface area contributed by atoms with Crippen molar-refractivity contribution in [2.24, 2.45) is 5.92 Å². The first-order valence-electron chi connectivity index (χ1n) is 7.76. The van der Waals surface area contributed by atoms with Crippen LogP contribution in [-0.4, -0.2) is 33.9 Å². The van der Waals surface area contributed by atoms with Gasteiger partial charge in [0.1, 0.15) is 5.82 Å². The van der Waals surface area contributed by atoms with Crippen LogP contribution in [0.25, 0.3) is 0 Å². The van der Waals surface area contributed by atoms with E-state index >= 15 is 0 Å². The van der Waals surface area contributed by atoms with Gasteiger partial charge in [0.2, 0.25) is 5.91 Å². The fourth-order valence-electron chi connectivity index (χ4n) is 2.79. The van der Waals surface area contributed by atoms with E-state index in [0.717, 1.165) is 43.2 Å². The standard InChI is InChI=1S/C16H21N5OS.2ClH/c1-11-19-14(10-23-11)9-21-6-4-12(5-7-21)16(22)20-13-2-3-15(17)18-8-13;;/h2-3,8,10,12H,4-7,9H2,1H3,(H2,17,18)(H,20,22);2*1H. The number of nitrogens with one attached hydrogen (secondary N) is 1. The van der Waals surface area contributed by atoms with Crippen molar-refractivity contribution in [1.29, 1.82) is 0 Å². The van der Waals surface area contributed by atoms with Crippen LogP contribution in [0.5, 0.6) is 0 Å². The van der Waals surface area contributed by atoms with Crippen molar-refractivity contribution >= 4 is 53.6 Å². The molecule has 1 aliphatic heterocycles. The molecule has 25 heavy (non-hydrogen) atoms. The number of hydrogen-bond donors (Lipinski definition) is 2. The number of likely N-dealkylation sites (tertiary alicyclic amines) is 1. The Morgan fingerprint density at radius 3 is 2.64 bits per heavy atom. The van der Waals surface area contributed by atoms with Crippen molar-refractivity contribution in [2.45, 2.75) is 26.3 Å². The minimum atomic E-state index is 0. The van der Waals surface area contributed by atoms with Crippen molar-refractivity contribution in [2.75, 3.05) is 24.1 Å². The molecule has 2 aromatic heterocycles. The Morgan fingerprint density at radius 2 is 2.08 bits per heavy atom. The number of nitrogens with two attached hydrogens (primary N) is 1. The van der Waals surface area contributed by atoms with E-state index < -0.39 is 0 Å². The van der Waals surface area contributed by atoms with Gasteiger partial charge in [-0.25, -0.2) is 9.97 Å². The number of hydrogen-bond acceptors (Lipinski definition) is 6. The van der Waals surface area contributed by atoms with Gasteiger partial charge in [-0.1, -0.05) is 0 Å². The van der Waals surface area contributed by atoms with Gasteiger partial charge in [0, 0.05) is 17.8 Å².